The summed E-state index contributed by atoms with van der Waals surface area (Å²) in [5, 5.41) is 3.19. The standard InChI is InChI=1S/C25H25IN6O4/c1-16-22(32-13-4-5-20(35-15-26)23(32)28-16)19-11-12-27-25(30-19)29-18-9-7-17(8-10-18)24(33)31-36-21-6-2-3-14-34-21/h4-5,7-13,21H,2-3,6,14-15H2,1H3,(H,31,33)(H,27,29,30). The molecule has 11 heteroatoms. The van der Waals surface area contributed by atoms with Gasteiger partial charge in [-0.15, -0.1) is 0 Å². The Labute approximate surface area is 221 Å². The lowest BCUT2D eigenvalue weighted by molar-refractivity contribution is -0.186. The van der Waals surface area contributed by atoms with Gasteiger partial charge in [0.15, 0.2) is 17.7 Å². The quantitative estimate of drug-likeness (QED) is 0.169. The summed E-state index contributed by atoms with van der Waals surface area (Å²) >= 11 is 2.16. The average molecular weight is 600 g/mol. The van der Waals surface area contributed by atoms with Crippen molar-refractivity contribution in [2.75, 3.05) is 16.5 Å². The highest BCUT2D eigenvalue weighted by Gasteiger charge is 2.17. The highest BCUT2D eigenvalue weighted by Crippen LogP contribution is 2.29. The second kappa shape index (κ2) is 11.2. The maximum atomic E-state index is 12.4. The molecule has 1 atom stereocenters. The summed E-state index contributed by atoms with van der Waals surface area (Å²) in [5.41, 5.74) is 6.84. The predicted molar refractivity (Wildman–Crippen MR) is 142 cm³/mol. The van der Waals surface area contributed by atoms with E-state index in [1.54, 1.807) is 30.5 Å². The van der Waals surface area contributed by atoms with Gasteiger partial charge in [-0.3, -0.25) is 9.20 Å². The number of halogens is 1. The Morgan fingerprint density at radius 3 is 2.83 bits per heavy atom. The van der Waals surface area contributed by atoms with Gasteiger partial charge in [-0.25, -0.2) is 25.3 Å². The number of pyridine rings is 1. The highest BCUT2D eigenvalue weighted by atomic mass is 127. The van der Waals surface area contributed by atoms with Crippen molar-refractivity contribution in [3.05, 3.63) is 66.1 Å². The second-order valence-electron chi connectivity index (χ2n) is 8.18. The lowest BCUT2D eigenvalue weighted by Gasteiger charge is -2.22. The number of aryl methyl sites for hydroxylation is 1. The number of benzene rings is 1. The van der Waals surface area contributed by atoms with Gasteiger partial charge < -0.3 is 14.8 Å². The van der Waals surface area contributed by atoms with Gasteiger partial charge in [0.25, 0.3) is 5.91 Å². The normalized spacial score (nSPS) is 15.6. The van der Waals surface area contributed by atoms with Crippen molar-refractivity contribution in [2.45, 2.75) is 32.5 Å². The maximum Gasteiger partial charge on any atom is 0.274 e. The summed E-state index contributed by atoms with van der Waals surface area (Å²) in [6, 6.07) is 12.6. The molecule has 5 rings (SSSR count). The van der Waals surface area contributed by atoms with E-state index in [-0.39, 0.29) is 5.91 Å². The van der Waals surface area contributed by atoms with Crippen molar-refractivity contribution < 1.29 is 19.1 Å². The predicted octanol–water partition coefficient (Wildman–Crippen LogP) is 4.80. The smallest absolute Gasteiger partial charge is 0.274 e. The van der Waals surface area contributed by atoms with E-state index >= 15 is 0 Å². The van der Waals surface area contributed by atoms with E-state index in [1.807, 2.05) is 35.7 Å². The van der Waals surface area contributed by atoms with Crippen LogP contribution in [0.5, 0.6) is 5.75 Å². The summed E-state index contributed by atoms with van der Waals surface area (Å²) in [4.78, 5) is 31.5. The fourth-order valence-corrected chi connectivity index (χ4v) is 4.34. The molecule has 1 aliphatic heterocycles. The van der Waals surface area contributed by atoms with E-state index in [0.717, 1.165) is 53.4 Å². The van der Waals surface area contributed by atoms with Crippen LogP contribution in [-0.4, -0.2) is 42.8 Å². The first-order chi connectivity index (χ1) is 17.6. The van der Waals surface area contributed by atoms with Crippen molar-refractivity contribution >= 4 is 45.8 Å². The number of hydroxylamine groups is 1. The zero-order chi connectivity index (χ0) is 24.9. The molecule has 0 saturated carbocycles. The van der Waals surface area contributed by atoms with Crippen LogP contribution in [0.15, 0.2) is 54.9 Å². The average Bonchev–Trinajstić information content (AvgIpc) is 3.25. The van der Waals surface area contributed by atoms with Gasteiger partial charge in [-0.1, -0.05) is 0 Å². The number of fused-ring (bicyclic) bond motifs is 1. The van der Waals surface area contributed by atoms with Gasteiger partial charge in [0.2, 0.25) is 5.95 Å². The van der Waals surface area contributed by atoms with Crippen LogP contribution in [0.3, 0.4) is 0 Å². The number of carbonyl (C=O) groups excluding carboxylic acids is 1. The molecule has 1 aliphatic rings. The Morgan fingerprint density at radius 2 is 2.06 bits per heavy atom. The molecule has 0 bridgehead atoms. The minimum Gasteiger partial charge on any atom is -0.479 e. The SMILES string of the molecule is Cc1nc2c(OCI)cccn2c1-c1ccnc(Nc2ccc(C(=O)NOC3CCCCO3)cc2)n1. The van der Waals surface area contributed by atoms with E-state index in [1.165, 1.54) is 0 Å². The molecule has 36 heavy (non-hydrogen) atoms. The summed E-state index contributed by atoms with van der Waals surface area (Å²) in [6.45, 7) is 2.59. The zero-order valence-corrected chi connectivity index (χ0v) is 21.8. The van der Waals surface area contributed by atoms with Gasteiger partial charge in [0.05, 0.1) is 17.1 Å². The van der Waals surface area contributed by atoms with E-state index in [9.17, 15) is 4.79 Å². The Morgan fingerprint density at radius 1 is 1.19 bits per heavy atom. The first-order valence-corrected chi connectivity index (χ1v) is 13.1. The van der Waals surface area contributed by atoms with Crippen molar-refractivity contribution in [3.63, 3.8) is 0 Å². The Balaban J connectivity index is 1.29. The molecule has 3 aromatic heterocycles. The van der Waals surface area contributed by atoms with Crippen LogP contribution in [0.4, 0.5) is 11.6 Å². The van der Waals surface area contributed by atoms with Gasteiger partial charge in [0, 0.05) is 36.7 Å². The van der Waals surface area contributed by atoms with Crippen LogP contribution in [0, 0.1) is 6.92 Å². The Bertz CT molecular complexity index is 1350. The van der Waals surface area contributed by atoms with Gasteiger partial charge in [-0.05, 0) is 84.8 Å². The lowest BCUT2D eigenvalue weighted by Crippen LogP contribution is -2.33. The molecule has 1 saturated heterocycles. The number of carbonyl (C=O) groups is 1. The first-order valence-electron chi connectivity index (χ1n) is 11.6. The number of rotatable bonds is 8. The molecular weight excluding hydrogens is 575 g/mol. The number of hydrogen-bond acceptors (Lipinski definition) is 8. The molecule has 1 fully saturated rings. The topological polar surface area (TPSA) is 112 Å². The largest absolute Gasteiger partial charge is 0.479 e. The van der Waals surface area contributed by atoms with Crippen molar-refractivity contribution in [3.8, 4) is 17.1 Å². The third-order valence-corrected chi connectivity index (χ3v) is 6.03. The van der Waals surface area contributed by atoms with Crippen LogP contribution in [-0.2, 0) is 9.57 Å². The molecular formula is C25H25IN6O4. The number of imidazole rings is 1. The molecule has 0 aliphatic carbocycles. The van der Waals surface area contributed by atoms with Crippen molar-refractivity contribution in [2.24, 2.45) is 0 Å². The Kier molecular flexibility index (Phi) is 7.58. The monoisotopic (exact) mass is 600 g/mol. The second-order valence-corrected chi connectivity index (χ2v) is 8.80. The molecule has 1 aromatic carbocycles. The van der Waals surface area contributed by atoms with E-state index in [2.05, 4.69) is 38.4 Å². The van der Waals surface area contributed by atoms with E-state index in [4.69, 9.17) is 24.3 Å². The highest BCUT2D eigenvalue weighted by molar-refractivity contribution is 14.1. The molecule has 1 amide bonds. The summed E-state index contributed by atoms with van der Waals surface area (Å²) in [6.07, 6.45) is 6.05. The molecule has 10 nitrogen and oxygen atoms in total. The summed E-state index contributed by atoms with van der Waals surface area (Å²) in [5.74, 6) is 0.814. The number of aromatic nitrogens is 4. The van der Waals surface area contributed by atoms with Crippen molar-refractivity contribution in [1.29, 1.82) is 0 Å². The molecule has 4 aromatic rings. The number of ether oxygens (including phenoxy) is 2. The Hall–Kier alpha value is -3.29. The third kappa shape index (κ3) is 5.42. The van der Waals surface area contributed by atoms with Crippen LogP contribution in [0.1, 0.15) is 35.3 Å². The van der Waals surface area contributed by atoms with Gasteiger partial charge in [-0.2, -0.15) is 0 Å². The van der Waals surface area contributed by atoms with Crippen LogP contribution >= 0.6 is 22.6 Å². The number of nitrogens with zero attached hydrogens (tertiary/aromatic N) is 4. The minimum atomic E-state index is -0.394. The van der Waals surface area contributed by atoms with Crippen LogP contribution in [0.25, 0.3) is 17.0 Å². The summed E-state index contributed by atoms with van der Waals surface area (Å²) in [7, 11) is 0. The number of alkyl halides is 1. The lowest BCUT2D eigenvalue weighted by atomic mass is 10.2. The minimum absolute atomic E-state index is 0.331. The molecule has 186 valence electrons. The molecule has 4 heterocycles. The number of amides is 1. The fraction of sp³-hybridized carbons (Fsp3) is 0.280. The summed E-state index contributed by atoms with van der Waals surface area (Å²) < 4.78 is 13.7. The number of anilines is 2. The van der Waals surface area contributed by atoms with Crippen LogP contribution < -0.4 is 15.5 Å². The van der Waals surface area contributed by atoms with Crippen LogP contribution in [0.2, 0.25) is 0 Å². The maximum absolute atomic E-state index is 12.4. The molecule has 1 unspecified atom stereocenters. The fourth-order valence-electron chi connectivity index (χ4n) is 4.00. The van der Waals surface area contributed by atoms with Gasteiger partial charge in [0.1, 0.15) is 4.61 Å². The number of hydrogen-bond donors (Lipinski definition) is 2. The number of nitrogens with one attached hydrogen (secondary N) is 2. The third-order valence-electron chi connectivity index (χ3n) is 5.72. The van der Waals surface area contributed by atoms with Crippen molar-refractivity contribution in [1.82, 2.24) is 24.8 Å². The zero-order valence-electron chi connectivity index (χ0n) is 19.6. The molecule has 0 radical (unpaired) electrons. The van der Waals surface area contributed by atoms with E-state index in [0.29, 0.717) is 22.7 Å². The van der Waals surface area contributed by atoms with E-state index < -0.39 is 6.29 Å². The molecule has 2 N–H and O–H groups in total. The first kappa shape index (κ1) is 24.4. The van der Waals surface area contributed by atoms with Gasteiger partial charge >= 0.3 is 0 Å². The molecule has 0 spiro atoms.